The van der Waals surface area contributed by atoms with Crippen LogP contribution in [-0.2, 0) is 0 Å². The van der Waals surface area contributed by atoms with Gasteiger partial charge in [-0.2, -0.15) is 5.10 Å². The van der Waals surface area contributed by atoms with E-state index in [9.17, 15) is 0 Å². The molecule has 1 fully saturated rings. The lowest BCUT2D eigenvalue weighted by molar-refractivity contribution is 0.368. The van der Waals surface area contributed by atoms with Crippen LogP contribution >= 0.6 is 0 Å². The van der Waals surface area contributed by atoms with Gasteiger partial charge in [-0.3, -0.25) is 0 Å². The van der Waals surface area contributed by atoms with Crippen molar-refractivity contribution in [2.24, 2.45) is 0 Å². The van der Waals surface area contributed by atoms with Crippen LogP contribution in [0.3, 0.4) is 0 Å². The van der Waals surface area contributed by atoms with Gasteiger partial charge in [0, 0.05) is 6.04 Å². The number of aromatic nitrogens is 3. The molecule has 4 heteroatoms. The first-order chi connectivity index (χ1) is 6.79. The fourth-order valence-corrected chi connectivity index (χ4v) is 1.98. The molecule has 1 atom stereocenters. The van der Waals surface area contributed by atoms with Gasteiger partial charge in [0.25, 0.3) is 0 Å². The summed E-state index contributed by atoms with van der Waals surface area (Å²) >= 11 is 0. The summed E-state index contributed by atoms with van der Waals surface area (Å²) in [6.07, 6.45) is 5.42. The Morgan fingerprint density at radius 2 is 2.36 bits per heavy atom. The van der Waals surface area contributed by atoms with Crippen molar-refractivity contribution in [2.45, 2.75) is 45.2 Å². The molecule has 1 aromatic heterocycles. The highest BCUT2D eigenvalue weighted by molar-refractivity contribution is 4.96. The van der Waals surface area contributed by atoms with E-state index in [1.807, 2.05) is 4.68 Å². The second kappa shape index (κ2) is 4.09. The summed E-state index contributed by atoms with van der Waals surface area (Å²) in [6.45, 7) is 5.39. The molecule has 0 aliphatic carbocycles. The normalized spacial score (nSPS) is 22.9. The highest BCUT2D eigenvalue weighted by Gasteiger charge is 2.20. The second-order valence-electron chi connectivity index (χ2n) is 4.16. The monoisotopic (exact) mass is 194 g/mol. The molecule has 1 N–H and O–H groups in total. The molecule has 0 saturated carbocycles. The summed E-state index contributed by atoms with van der Waals surface area (Å²) in [4.78, 5) is 4.35. The molecule has 1 aliphatic rings. The van der Waals surface area contributed by atoms with E-state index in [4.69, 9.17) is 0 Å². The van der Waals surface area contributed by atoms with Crippen molar-refractivity contribution in [1.82, 2.24) is 20.1 Å². The first kappa shape index (κ1) is 9.65. The molecule has 1 aromatic rings. The number of piperidine rings is 1. The van der Waals surface area contributed by atoms with Gasteiger partial charge in [-0.15, -0.1) is 0 Å². The molecule has 0 radical (unpaired) electrons. The van der Waals surface area contributed by atoms with Crippen LogP contribution in [0.4, 0.5) is 0 Å². The zero-order valence-electron chi connectivity index (χ0n) is 8.90. The van der Waals surface area contributed by atoms with Crippen molar-refractivity contribution in [2.75, 3.05) is 6.54 Å². The van der Waals surface area contributed by atoms with Crippen molar-refractivity contribution < 1.29 is 0 Å². The smallest absolute Gasteiger partial charge is 0.144 e. The molecule has 0 spiro atoms. The van der Waals surface area contributed by atoms with Gasteiger partial charge in [-0.1, -0.05) is 6.42 Å². The molecule has 1 aliphatic heterocycles. The molecule has 0 aromatic carbocycles. The first-order valence-electron chi connectivity index (χ1n) is 5.42. The Bertz CT molecular complexity index is 286. The summed E-state index contributed by atoms with van der Waals surface area (Å²) in [5, 5.41) is 7.75. The van der Waals surface area contributed by atoms with Crippen LogP contribution in [0.15, 0.2) is 6.33 Å². The molecule has 1 saturated heterocycles. The largest absolute Gasteiger partial charge is 0.307 e. The van der Waals surface area contributed by atoms with Gasteiger partial charge in [0.2, 0.25) is 0 Å². The molecular weight excluding hydrogens is 176 g/mol. The van der Waals surface area contributed by atoms with Gasteiger partial charge < -0.3 is 5.32 Å². The van der Waals surface area contributed by atoms with Gasteiger partial charge in [0.1, 0.15) is 12.2 Å². The predicted molar refractivity (Wildman–Crippen MR) is 55.0 cm³/mol. The lowest BCUT2D eigenvalue weighted by Gasteiger charge is -2.23. The minimum Gasteiger partial charge on any atom is -0.307 e. The average molecular weight is 194 g/mol. The number of hydrogen-bond donors (Lipinski definition) is 1. The van der Waals surface area contributed by atoms with E-state index in [0.29, 0.717) is 12.1 Å². The van der Waals surface area contributed by atoms with Crippen LogP contribution in [0.5, 0.6) is 0 Å². The zero-order valence-corrected chi connectivity index (χ0v) is 8.90. The Balaban J connectivity index is 2.17. The maximum Gasteiger partial charge on any atom is 0.144 e. The SMILES string of the molecule is CC(C)n1ncnc1[C@@H]1CCCCN1. The van der Waals surface area contributed by atoms with Gasteiger partial charge >= 0.3 is 0 Å². The van der Waals surface area contributed by atoms with Gasteiger partial charge in [-0.25, -0.2) is 9.67 Å². The number of nitrogens with one attached hydrogen (secondary N) is 1. The highest BCUT2D eigenvalue weighted by Crippen LogP contribution is 2.22. The minimum absolute atomic E-state index is 0.399. The van der Waals surface area contributed by atoms with Crippen LogP contribution in [0.25, 0.3) is 0 Å². The van der Waals surface area contributed by atoms with Crippen molar-refractivity contribution in [3.63, 3.8) is 0 Å². The van der Waals surface area contributed by atoms with Crippen molar-refractivity contribution >= 4 is 0 Å². The standard InChI is InChI=1S/C10H18N4/c1-8(2)14-10(12-7-13-14)9-5-3-4-6-11-9/h7-9,11H,3-6H2,1-2H3/t9-/m0/s1. The third-order valence-electron chi connectivity index (χ3n) is 2.71. The van der Waals surface area contributed by atoms with Crippen LogP contribution in [0, 0.1) is 0 Å². The summed E-state index contributed by atoms with van der Waals surface area (Å²) in [5.74, 6) is 1.10. The number of hydrogen-bond acceptors (Lipinski definition) is 3. The van der Waals surface area contributed by atoms with E-state index in [-0.39, 0.29) is 0 Å². The molecule has 2 heterocycles. The number of nitrogens with zero attached hydrogens (tertiary/aromatic N) is 3. The quantitative estimate of drug-likeness (QED) is 0.778. The van der Waals surface area contributed by atoms with E-state index in [0.717, 1.165) is 12.4 Å². The van der Waals surface area contributed by atoms with Crippen molar-refractivity contribution in [1.29, 1.82) is 0 Å². The highest BCUT2D eigenvalue weighted by atomic mass is 15.4. The fourth-order valence-electron chi connectivity index (χ4n) is 1.98. The van der Waals surface area contributed by atoms with E-state index in [1.165, 1.54) is 19.3 Å². The molecule has 2 rings (SSSR count). The Labute approximate surface area is 84.7 Å². The van der Waals surface area contributed by atoms with Crippen LogP contribution in [0.1, 0.15) is 51.0 Å². The lowest BCUT2D eigenvalue weighted by atomic mass is 10.0. The van der Waals surface area contributed by atoms with Crippen LogP contribution in [-0.4, -0.2) is 21.3 Å². The van der Waals surface area contributed by atoms with Crippen molar-refractivity contribution in [3.8, 4) is 0 Å². The van der Waals surface area contributed by atoms with Gasteiger partial charge in [0.05, 0.1) is 6.04 Å². The Morgan fingerprint density at radius 3 is 3.00 bits per heavy atom. The third kappa shape index (κ3) is 1.80. The maximum atomic E-state index is 4.35. The van der Waals surface area contributed by atoms with Gasteiger partial charge in [0.15, 0.2) is 0 Å². The summed E-state index contributed by atoms with van der Waals surface area (Å²) in [5.41, 5.74) is 0. The lowest BCUT2D eigenvalue weighted by Crippen LogP contribution is -2.29. The molecule has 0 bridgehead atoms. The Morgan fingerprint density at radius 1 is 1.50 bits per heavy atom. The first-order valence-corrected chi connectivity index (χ1v) is 5.42. The molecule has 0 amide bonds. The number of rotatable bonds is 2. The Kier molecular flexibility index (Phi) is 2.82. The molecule has 0 unspecified atom stereocenters. The van der Waals surface area contributed by atoms with E-state index >= 15 is 0 Å². The average Bonchev–Trinajstić information content (AvgIpc) is 2.67. The van der Waals surface area contributed by atoms with Crippen LogP contribution in [0.2, 0.25) is 0 Å². The predicted octanol–water partition coefficient (Wildman–Crippen LogP) is 1.67. The van der Waals surface area contributed by atoms with Gasteiger partial charge in [-0.05, 0) is 33.2 Å². The summed E-state index contributed by atoms with van der Waals surface area (Å²) in [6, 6.07) is 0.810. The molecule has 4 nitrogen and oxygen atoms in total. The van der Waals surface area contributed by atoms with E-state index < -0.39 is 0 Å². The fraction of sp³-hybridized carbons (Fsp3) is 0.800. The minimum atomic E-state index is 0.399. The van der Waals surface area contributed by atoms with Crippen LogP contribution < -0.4 is 5.32 Å². The molecular formula is C10H18N4. The Hall–Kier alpha value is -0.900. The zero-order chi connectivity index (χ0) is 9.97. The van der Waals surface area contributed by atoms with E-state index in [1.54, 1.807) is 6.33 Å². The third-order valence-corrected chi connectivity index (χ3v) is 2.71. The van der Waals surface area contributed by atoms with E-state index in [2.05, 4.69) is 29.2 Å². The second-order valence-corrected chi connectivity index (χ2v) is 4.16. The maximum absolute atomic E-state index is 4.35. The molecule has 14 heavy (non-hydrogen) atoms. The topological polar surface area (TPSA) is 42.7 Å². The summed E-state index contributed by atoms with van der Waals surface area (Å²) in [7, 11) is 0. The molecule has 78 valence electrons. The van der Waals surface area contributed by atoms with Crippen molar-refractivity contribution in [3.05, 3.63) is 12.2 Å². The summed E-state index contributed by atoms with van der Waals surface area (Å²) < 4.78 is 2.02.